The summed E-state index contributed by atoms with van der Waals surface area (Å²) < 4.78 is 4.88. The molecular weight excluding hydrogens is 352 g/mol. The maximum Gasteiger partial charge on any atom is 0.261 e. The molecule has 1 aromatic carbocycles. The molecule has 2 aromatic rings. The van der Waals surface area contributed by atoms with Crippen LogP contribution in [0.25, 0.3) is 5.69 Å². The van der Waals surface area contributed by atoms with Gasteiger partial charge in [0.25, 0.3) is 5.82 Å². The molecular formula is C27H45N2+. The van der Waals surface area contributed by atoms with Gasteiger partial charge in [-0.25, -0.2) is 4.57 Å². The van der Waals surface area contributed by atoms with E-state index in [9.17, 15) is 0 Å². The van der Waals surface area contributed by atoms with Gasteiger partial charge in [-0.2, -0.15) is 4.57 Å². The van der Waals surface area contributed by atoms with Crippen LogP contribution in [0.2, 0.25) is 0 Å². The van der Waals surface area contributed by atoms with E-state index in [4.69, 9.17) is 0 Å². The number of para-hydroxylation sites is 1. The van der Waals surface area contributed by atoms with Crippen molar-refractivity contribution in [3.63, 3.8) is 0 Å². The zero-order chi connectivity index (χ0) is 20.6. The molecule has 2 rings (SSSR count). The number of rotatable bonds is 17. The maximum atomic E-state index is 2.48. The average molecular weight is 398 g/mol. The van der Waals surface area contributed by atoms with Crippen molar-refractivity contribution in [3.8, 4) is 5.69 Å². The third-order valence-corrected chi connectivity index (χ3v) is 6.05. The molecule has 1 heterocycles. The zero-order valence-electron chi connectivity index (χ0n) is 19.2. The number of aromatic nitrogens is 2. The zero-order valence-corrected chi connectivity index (χ0v) is 19.2. The van der Waals surface area contributed by atoms with Gasteiger partial charge in [0.15, 0.2) is 0 Å². The molecule has 0 spiro atoms. The Balaban J connectivity index is 1.68. The molecule has 0 radical (unpaired) electrons. The van der Waals surface area contributed by atoms with Crippen LogP contribution in [0, 0.1) is 0 Å². The number of nitrogens with zero attached hydrogens (tertiary/aromatic N) is 2. The van der Waals surface area contributed by atoms with Gasteiger partial charge >= 0.3 is 0 Å². The van der Waals surface area contributed by atoms with Gasteiger partial charge in [0.05, 0.1) is 6.54 Å². The Kier molecular flexibility index (Phi) is 12.5. The molecule has 0 unspecified atom stereocenters. The predicted octanol–water partition coefficient (Wildman–Crippen LogP) is 7.81. The maximum absolute atomic E-state index is 2.48. The largest absolute Gasteiger partial charge is 0.261 e. The Hall–Kier alpha value is -1.57. The van der Waals surface area contributed by atoms with Crippen molar-refractivity contribution in [2.75, 3.05) is 0 Å². The van der Waals surface area contributed by atoms with Crippen molar-refractivity contribution >= 4 is 0 Å². The van der Waals surface area contributed by atoms with Crippen LogP contribution in [-0.4, -0.2) is 4.57 Å². The summed E-state index contributed by atoms with van der Waals surface area (Å²) in [6.07, 6.45) is 25.2. The molecule has 1 aromatic heterocycles. The molecule has 0 saturated carbocycles. The topological polar surface area (TPSA) is 8.81 Å². The highest BCUT2D eigenvalue weighted by Crippen LogP contribution is 2.15. The first-order chi connectivity index (χ1) is 14.4. The summed E-state index contributed by atoms with van der Waals surface area (Å²) in [6.45, 7) is 5.72. The summed E-state index contributed by atoms with van der Waals surface area (Å²) in [7, 11) is 0. The van der Waals surface area contributed by atoms with Crippen molar-refractivity contribution < 1.29 is 4.57 Å². The lowest BCUT2D eigenvalue weighted by Crippen LogP contribution is -2.37. The van der Waals surface area contributed by atoms with E-state index in [1.54, 1.807) is 0 Å². The summed E-state index contributed by atoms with van der Waals surface area (Å²) in [5, 5.41) is 0. The van der Waals surface area contributed by atoms with E-state index in [-0.39, 0.29) is 0 Å². The Morgan fingerprint density at radius 3 is 1.79 bits per heavy atom. The third-order valence-electron chi connectivity index (χ3n) is 6.05. The van der Waals surface area contributed by atoms with Crippen molar-refractivity contribution in [1.29, 1.82) is 0 Å². The predicted molar refractivity (Wildman–Crippen MR) is 126 cm³/mol. The Morgan fingerprint density at radius 1 is 0.655 bits per heavy atom. The minimum atomic E-state index is 1.14. The van der Waals surface area contributed by atoms with Crippen LogP contribution in [0.4, 0.5) is 0 Å². The third kappa shape index (κ3) is 9.19. The van der Waals surface area contributed by atoms with Crippen molar-refractivity contribution in [2.45, 2.75) is 117 Å². The molecule has 2 nitrogen and oxygen atoms in total. The summed E-state index contributed by atoms with van der Waals surface area (Å²) in [4.78, 5) is 0. The smallest absolute Gasteiger partial charge is 0.234 e. The van der Waals surface area contributed by atoms with E-state index >= 15 is 0 Å². The first kappa shape index (κ1) is 23.7. The molecule has 29 heavy (non-hydrogen) atoms. The molecule has 162 valence electrons. The van der Waals surface area contributed by atoms with Crippen molar-refractivity contribution in [2.24, 2.45) is 0 Å². The van der Waals surface area contributed by atoms with Gasteiger partial charge in [0.1, 0.15) is 18.1 Å². The number of hydrogen-bond acceptors (Lipinski definition) is 0. The van der Waals surface area contributed by atoms with Gasteiger partial charge in [-0.3, -0.25) is 0 Å². The van der Waals surface area contributed by atoms with Gasteiger partial charge in [0, 0.05) is 6.42 Å². The normalized spacial score (nSPS) is 11.2. The van der Waals surface area contributed by atoms with E-state index in [0.717, 1.165) is 6.54 Å². The van der Waals surface area contributed by atoms with Crippen LogP contribution in [0.3, 0.4) is 0 Å². The van der Waals surface area contributed by atoms with Gasteiger partial charge in [-0.15, -0.1) is 0 Å². The summed E-state index contributed by atoms with van der Waals surface area (Å²) >= 11 is 0. The van der Waals surface area contributed by atoms with E-state index in [0.29, 0.717) is 0 Å². The minimum Gasteiger partial charge on any atom is -0.234 e. The molecule has 2 heteroatoms. The Labute approximate surface area is 180 Å². The highest BCUT2D eigenvalue weighted by atomic mass is 15.1. The highest BCUT2D eigenvalue weighted by molar-refractivity contribution is 5.31. The van der Waals surface area contributed by atoms with Crippen molar-refractivity contribution in [1.82, 2.24) is 4.57 Å². The van der Waals surface area contributed by atoms with E-state index in [1.807, 2.05) is 0 Å². The average Bonchev–Trinajstić information content (AvgIpc) is 3.16. The van der Waals surface area contributed by atoms with Gasteiger partial charge in [0.2, 0.25) is 0 Å². The molecule has 0 saturated heterocycles. The molecule has 0 aliphatic heterocycles. The molecule has 0 fully saturated rings. The van der Waals surface area contributed by atoms with Crippen LogP contribution in [0.1, 0.15) is 110 Å². The van der Waals surface area contributed by atoms with Crippen LogP contribution in [0.15, 0.2) is 42.7 Å². The van der Waals surface area contributed by atoms with E-state index < -0.39 is 0 Å². The lowest BCUT2D eigenvalue weighted by molar-refractivity contribution is -0.703. The molecule has 0 bridgehead atoms. The monoisotopic (exact) mass is 397 g/mol. The molecule has 0 atom stereocenters. The second-order valence-electron chi connectivity index (χ2n) is 8.61. The second-order valence-corrected chi connectivity index (χ2v) is 8.61. The van der Waals surface area contributed by atoms with Crippen LogP contribution >= 0.6 is 0 Å². The Bertz CT molecular complexity index is 629. The van der Waals surface area contributed by atoms with Crippen LogP contribution < -0.4 is 4.57 Å². The van der Waals surface area contributed by atoms with E-state index in [1.165, 1.54) is 108 Å². The first-order valence-corrected chi connectivity index (χ1v) is 12.5. The second kappa shape index (κ2) is 15.3. The minimum absolute atomic E-state index is 1.14. The SMILES string of the molecule is CCCCCCCCCCCCCCc1n(-c2ccccc2)cc[n+]1CCCC. The lowest BCUT2D eigenvalue weighted by atomic mass is 10.0. The van der Waals surface area contributed by atoms with Crippen molar-refractivity contribution in [3.05, 3.63) is 48.5 Å². The fourth-order valence-electron chi connectivity index (χ4n) is 4.20. The summed E-state index contributed by atoms with van der Waals surface area (Å²) in [5.74, 6) is 1.47. The highest BCUT2D eigenvalue weighted by Gasteiger charge is 2.17. The Morgan fingerprint density at radius 2 is 1.21 bits per heavy atom. The fraction of sp³-hybridized carbons (Fsp3) is 0.667. The molecule has 0 N–H and O–H groups in total. The number of unbranched alkanes of at least 4 members (excludes halogenated alkanes) is 12. The molecule has 0 amide bonds. The summed E-state index contributed by atoms with van der Waals surface area (Å²) in [5.41, 5.74) is 1.29. The van der Waals surface area contributed by atoms with Gasteiger partial charge < -0.3 is 0 Å². The summed E-state index contributed by atoms with van der Waals surface area (Å²) in [6, 6.07) is 10.8. The molecule has 0 aliphatic carbocycles. The number of benzene rings is 1. The van der Waals surface area contributed by atoms with Crippen LogP contribution in [-0.2, 0) is 13.0 Å². The quantitative estimate of drug-likeness (QED) is 0.190. The first-order valence-electron chi connectivity index (χ1n) is 12.5. The number of hydrogen-bond donors (Lipinski definition) is 0. The van der Waals surface area contributed by atoms with Crippen LogP contribution in [0.5, 0.6) is 0 Å². The van der Waals surface area contributed by atoms with Gasteiger partial charge in [-0.1, -0.05) is 109 Å². The standard InChI is InChI=1S/C27H45N2/c1-3-5-7-8-9-10-11-12-13-14-15-19-22-27-28(23-6-4-2)24-25-29(27)26-20-17-16-18-21-26/h16-18,20-21,24-25H,3-15,19,22-23H2,1-2H3/q+1. The number of aryl methyl sites for hydroxylation is 1. The van der Waals surface area contributed by atoms with Gasteiger partial charge in [-0.05, 0) is 25.0 Å². The number of imidazole rings is 1. The molecule has 0 aliphatic rings. The van der Waals surface area contributed by atoms with E-state index in [2.05, 4.69) is 65.7 Å². The fourth-order valence-corrected chi connectivity index (χ4v) is 4.20. The lowest BCUT2D eigenvalue weighted by Gasteiger charge is -2.06.